The summed E-state index contributed by atoms with van der Waals surface area (Å²) in [5, 5.41) is 0.0355. The molecule has 1 N–H and O–H groups in total. The van der Waals surface area contributed by atoms with Gasteiger partial charge in [-0.25, -0.2) is 22.5 Å². The molecule has 1 saturated heterocycles. The van der Waals surface area contributed by atoms with E-state index in [0.29, 0.717) is 6.54 Å². The highest BCUT2D eigenvalue weighted by Gasteiger charge is 2.25. The Morgan fingerprint density at radius 2 is 2.09 bits per heavy atom. The lowest BCUT2D eigenvalue weighted by Crippen LogP contribution is -2.31. The summed E-state index contributed by atoms with van der Waals surface area (Å²) in [5.41, 5.74) is 0.960. The number of sulfonamides is 1. The fourth-order valence-electron chi connectivity index (χ4n) is 2.71. The first-order chi connectivity index (χ1) is 10.9. The maximum absolute atomic E-state index is 13.0. The van der Waals surface area contributed by atoms with Crippen molar-refractivity contribution in [1.29, 1.82) is 0 Å². The number of rotatable bonds is 5. The molecule has 124 valence electrons. The first-order valence-corrected chi connectivity index (χ1v) is 8.90. The molecule has 2 aromatic rings. The summed E-state index contributed by atoms with van der Waals surface area (Å²) in [6, 6.07) is 6.37. The summed E-state index contributed by atoms with van der Waals surface area (Å²) >= 11 is 0. The molecule has 1 atom stereocenters. The zero-order valence-electron chi connectivity index (χ0n) is 12.8. The van der Waals surface area contributed by atoms with Crippen molar-refractivity contribution >= 4 is 15.7 Å². The summed E-state index contributed by atoms with van der Waals surface area (Å²) in [4.78, 5) is 6.01. The lowest BCUT2D eigenvalue weighted by atomic mass is 10.1. The Hall–Kier alpha value is -1.93. The normalized spacial score (nSPS) is 18.5. The largest absolute Gasteiger partial charge is 0.371 e. The van der Waals surface area contributed by atoms with Gasteiger partial charge in [0.1, 0.15) is 5.82 Å². The first-order valence-electron chi connectivity index (χ1n) is 7.42. The van der Waals surface area contributed by atoms with Crippen LogP contribution in [0.4, 0.5) is 10.1 Å². The number of aromatic nitrogens is 2. The summed E-state index contributed by atoms with van der Waals surface area (Å²) in [6.07, 6.45) is 3.82. The van der Waals surface area contributed by atoms with Gasteiger partial charge in [-0.1, -0.05) is 0 Å². The maximum Gasteiger partial charge on any atom is 0.259 e. The van der Waals surface area contributed by atoms with E-state index < -0.39 is 10.0 Å². The zero-order chi connectivity index (χ0) is 16.4. The van der Waals surface area contributed by atoms with E-state index in [1.807, 2.05) is 0 Å². The predicted molar refractivity (Wildman–Crippen MR) is 85.1 cm³/mol. The fraction of sp³-hybridized carbons (Fsp3) is 0.400. The molecule has 1 aliphatic heterocycles. The van der Waals surface area contributed by atoms with E-state index in [-0.39, 0.29) is 16.8 Å². The van der Waals surface area contributed by atoms with E-state index in [9.17, 15) is 12.8 Å². The smallest absolute Gasteiger partial charge is 0.259 e. The quantitative estimate of drug-likeness (QED) is 0.894. The zero-order valence-corrected chi connectivity index (χ0v) is 13.6. The van der Waals surface area contributed by atoms with Gasteiger partial charge < -0.3 is 9.47 Å². The number of nitrogens with zero attached hydrogens (tertiary/aromatic N) is 3. The van der Waals surface area contributed by atoms with E-state index in [4.69, 9.17) is 0 Å². The molecular weight excluding hydrogens is 319 g/mol. The lowest BCUT2D eigenvalue weighted by Gasteiger charge is -2.18. The Kier molecular flexibility index (Phi) is 4.36. The molecular formula is C15H19FN4O2S. The standard InChI is InChI=1S/C15H19FN4O2S/c1-19-10-15(17-11-19)23(21,22)18-8-12-6-7-20(9-12)14-4-2-13(16)3-5-14/h2-5,10-12,18H,6-9H2,1H3. The van der Waals surface area contributed by atoms with Gasteiger partial charge in [0.2, 0.25) is 0 Å². The molecule has 0 amide bonds. The highest BCUT2D eigenvalue weighted by atomic mass is 32.2. The summed E-state index contributed by atoms with van der Waals surface area (Å²) < 4.78 is 41.5. The van der Waals surface area contributed by atoms with Gasteiger partial charge >= 0.3 is 0 Å². The topological polar surface area (TPSA) is 67.2 Å². The van der Waals surface area contributed by atoms with Gasteiger partial charge in [0.05, 0.1) is 6.33 Å². The number of halogens is 1. The number of anilines is 1. The SMILES string of the molecule is Cn1cnc(S(=O)(=O)NCC2CCN(c3ccc(F)cc3)C2)c1. The number of hydrogen-bond acceptors (Lipinski definition) is 4. The van der Waals surface area contributed by atoms with E-state index >= 15 is 0 Å². The van der Waals surface area contributed by atoms with E-state index in [0.717, 1.165) is 25.2 Å². The highest BCUT2D eigenvalue weighted by Crippen LogP contribution is 2.23. The third-order valence-electron chi connectivity index (χ3n) is 4.00. The molecule has 0 saturated carbocycles. The number of aryl methyl sites for hydroxylation is 1. The Morgan fingerprint density at radius 3 is 2.74 bits per heavy atom. The predicted octanol–water partition coefficient (Wildman–Crippen LogP) is 1.36. The van der Waals surface area contributed by atoms with Crippen molar-refractivity contribution < 1.29 is 12.8 Å². The molecule has 1 aromatic heterocycles. The van der Waals surface area contributed by atoms with Crippen LogP contribution in [0.5, 0.6) is 0 Å². The van der Waals surface area contributed by atoms with Crippen molar-refractivity contribution in [3.05, 3.63) is 42.6 Å². The molecule has 8 heteroatoms. The lowest BCUT2D eigenvalue weighted by molar-refractivity contribution is 0.539. The first kappa shape index (κ1) is 15.9. The van der Waals surface area contributed by atoms with Crippen molar-refractivity contribution in [1.82, 2.24) is 14.3 Å². The van der Waals surface area contributed by atoms with Crippen molar-refractivity contribution in [2.45, 2.75) is 11.4 Å². The second kappa shape index (κ2) is 6.29. The van der Waals surface area contributed by atoms with E-state index in [1.165, 1.54) is 24.7 Å². The molecule has 1 aromatic carbocycles. The van der Waals surface area contributed by atoms with Gasteiger partial charge in [-0.05, 0) is 36.6 Å². The molecule has 2 heterocycles. The monoisotopic (exact) mass is 338 g/mol. The minimum Gasteiger partial charge on any atom is -0.371 e. The van der Waals surface area contributed by atoms with Gasteiger partial charge in [-0.15, -0.1) is 0 Å². The second-order valence-corrected chi connectivity index (χ2v) is 7.52. The van der Waals surface area contributed by atoms with Crippen LogP contribution in [-0.4, -0.2) is 37.6 Å². The van der Waals surface area contributed by atoms with Crippen LogP contribution >= 0.6 is 0 Å². The van der Waals surface area contributed by atoms with Gasteiger partial charge in [0, 0.05) is 38.6 Å². The molecule has 23 heavy (non-hydrogen) atoms. The van der Waals surface area contributed by atoms with Crippen LogP contribution in [0.3, 0.4) is 0 Å². The summed E-state index contributed by atoms with van der Waals surface area (Å²) in [5.74, 6) is -0.0360. The Labute approximate surface area is 135 Å². The second-order valence-electron chi connectivity index (χ2n) is 5.81. The third-order valence-corrected chi connectivity index (χ3v) is 5.30. The molecule has 0 radical (unpaired) electrons. The van der Waals surface area contributed by atoms with Gasteiger partial charge in [0.25, 0.3) is 10.0 Å². The van der Waals surface area contributed by atoms with Crippen molar-refractivity contribution in [2.24, 2.45) is 13.0 Å². The van der Waals surface area contributed by atoms with E-state index in [2.05, 4.69) is 14.6 Å². The molecule has 3 rings (SSSR count). The molecule has 6 nitrogen and oxygen atoms in total. The number of imidazole rings is 1. The minimum absolute atomic E-state index is 0.0355. The summed E-state index contributed by atoms with van der Waals surface area (Å²) in [6.45, 7) is 1.95. The maximum atomic E-state index is 13.0. The van der Waals surface area contributed by atoms with Crippen molar-refractivity contribution in [2.75, 3.05) is 24.5 Å². The van der Waals surface area contributed by atoms with Crippen LogP contribution in [0.1, 0.15) is 6.42 Å². The Balaban J connectivity index is 1.57. The average Bonchev–Trinajstić information content (AvgIpc) is 3.15. The minimum atomic E-state index is -3.56. The van der Waals surface area contributed by atoms with E-state index in [1.54, 1.807) is 23.7 Å². The fourth-order valence-corrected chi connectivity index (χ4v) is 3.81. The van der Waals surface area contributed by atoms with Gasteiger partial charge in [0.15, 0.2) is 5.03 Å². The van der Waals surface area contributed by atoms with Gasteiger partial charge in [-0.2, -0.15) is 0 Å². The molecule has 1 unspecified atom stereocenters. The number of benzene rings is 1. The molecule has 0 spiro atoms. The van der Waals surface area contributed by atoms with Crippen LogP contribution in [0.25, 0.3) is 0 Å². The van der Waals surface area contributed by atoms with Crippen LogP contribution < -0.4 is 9.62 Å². The van der Waals surface area contributed by atoms with Gasteiger partial charge in [-0.3, -0.25) is 0 Å². The van der Waals surface area contributed by atoms with Crippen LogP contribution in [0.15, 0.2) is 41.8 Å². The molecule has 1 fully saturated rings. The Bertz CT molecular complexity index is 773. The average molecular weight is 338 g/mol. The molecule has 1 aliphatic rings. The van der Waals surface area contributed by atoms with Crippen LogP contribution in [0.2, 0.25) is 0 Å². The number of hydrogen-bond donors (Lipinski definition) is 1. The number of nitrogens with one attached hydrogen (secondary N) is 1. The van der Waals surface area contributed by atoms with Crippen molar-refractivity contribution in [3.63, 3.8) is 0 Å². The summed E-state index contributed by atoms with van der Waals surface area (Å²) in [7, 11) is -1.84. The molecule has 0 aliphatic carbocycles. The Morgan fingerprint density at radius 1 is 1.35 bits per heavy atom. The highest BCUT2D eigenvalue weighted by molar-refractivity contribution is 7.89. The van der Waals surface area contributed by atoms with Crippen molar-refractivity contribution in [3.8, 4) is 0 Å². The third kappa shape index (κ3) is 3.70. The molecule has 0 bridgehead atoms. The van der Waals surface area contributed by atoms with Crippen LogP contribution in [0, 0.1) is 11.7 Å². The van der Waals surface area contributed by atoms with Crippen LogP contribution in [-0.2, 0) is 17.1 Å².